The van der Waals surface area contributed by atoms with Crippen molar-refractivity contribution in [2.75, 3.05) is 12.1 Å². The summed E-state index contributed by atoms with van der Waals surface area (Å²) in [4.78, 5) is 30.6. The number of H-pyrrole nitrogens is 1. The summed E-state index contributed by atoms with van der Waals surface area (Å²) >= 11 is 0. The minimum Gasteiger partial charge on any atom is -0.454 e. The number of ether oxygens (including phenoxy) is 2. The molecule has 1 aromatic heterocycles. The molecule has 2 aliphatic rings. The lowest BCUT2D eigenvalue weighted by Crippen LogP contribution is -2.58. The molecule has 30 heavy (non-hydrogen) atoms. The number of β-lactam (4-membered cyclic amide) rings is 1. The lowest BCUT2D eigenvalue weighted by atomic mass is 9.87. The van der Waals surface area contributed by atoms with Crippen LogP contribution in [0.3, 0.4) is 0 Å². The van der Waals surface area contributed by atoms with E-state index in [9.17, 15) is 9.59 Å². The zero-order valence-electron chi connectivity index (χ0n) is 16.8. The number of amides is 2. The monoisotopic (exact) mass is 405 g/mol. The van der Waals surface area contributed by atoms with Gasteiger partial charge in [-0.2, -0.15) is 0 Å². The van der Waals surface area contributed by atoms with Crippen molar-refractivity contribution in [3.63, 3.8) is 0 Å². The molecule has 2 amide bonds. The molecule has 0 unspecified atom stereocenters. The third-order valence-electron chi connectivity index (χ3n) is 5.79. The van der Waals surface area contributed by atoms with Crippen LogP contribution in [0.2, 0.25) is 0 Å². The molecule has 154 valence electrons. The second-order valence-corrected chi connectivity index (χ2v) is 8.09. The highest BCUT2D eigenvalue weighted by atomic mass is 16.7. The van der Waals surface area contributed by atoms with E-state index in [0.717, 1.165) is 16.5 Å². The predicted molar refractivity (Wildman–Crippen MR) is 112 cm³/mol. The predicted octanol–water partition coefficient (Wildman–Crippen LogP) is 3.83. The number of likely N-dealkylation sites (tertiary alicyclic amines) is 1. The minimum atomic E-state index is -0.566. The standard InChI is InChI=1S/C23H23N3O4/c1-13(2)22(23(28)25-16-4-5-17-14(9-16)7-8-24-17)26-18(11-21(26)27)15-3-6-19-20(10-15)30-12-29-19/h3-10,13,18,22,24H,11-12H2,1-2H3,(H,25,28)/t18-,22+/m0/s1. The first kappa shape index (κ1) is 18.5. The van der Waals surface area contributed by atoms with Gasteiger partial charge in [0.2, 0.25) is 18.6 Å². The van der Waals surface area contributed by atoms with E-state index in [2.05, 4.69) is 10.3 Å². The van der Waals surface area contributed by atoms with Crippen LogP contribution in [-0.4, -0.2) is 34.5 Å². The fourth-order valence-electron chi connectivity index (χ4n) is 4.28. The Bertz CT molecular complexity index is 1140. The second kappa shape index (κ2) is 7.09. The molecule has 2 aromatic carbocycles. The van der Waals surface area contributed by atoms with Crippen molar-refractivity contribution >= 4 is 28.4 Å². The number of hydrogen-bond donors (Lipinski definition) is 2. The van der Waals surface area contributed by atoms with Gasteiger partial charge in [-0.05, 0) is 47.9 Å². The van der Waals surface area contributed by atoms with Crippen LogP contribution in [0.15, 0.2) is 48.7 Å². The van der Waals surface area contributed by atoms with Crippen molar-refractivity contribution in [2.45, 2.75) is 32.4 Å². The first-order chi connectivity index (χ1) is 14.5. The average molecular weight is 405 g/mol. The SMILES string of the molecule is CC(C)[C@H](C(=O)Nc1ccc2[nH]ccc2c1)N1C(=O)C[C@H]1c1ccc2c(c1)OCO2. The zero-order valence-corrected chi connectivity index (χ0v) is 16.8. The molecule has 2 atom stereocenters. The highest BCUT2D eigenvalue weighted by Gasteiger charge is 2.45. The highest BCUT2D eigenvalue weighted by Crippen LogP contribution is 2.42. The average Bonchev–Trinajstić information content (AvgIpc) is 3.37. The first-order valence-electron chi connectivity index (χ1n) is 10.1. The minimum absolute atomic E-state index is 0.0207. The fraction of sp³-hybridized carbons (Fsp3) is 0.304. The number of aromatic nitrogens is 1. The number of nitrogens with zero attached hydrogens (tertiary/aromatic N) is 1. The number of fused-ring (bicyclic) bond motifs is 2. The Hall–Kier alpha value is -3.48. The summed E-state index contributed by atoms with van der Waals surface area (Å²) in [5.41, 5.74) is 2.67. The van der Waals surface area contributed by atoms with Crippen LogP contribution in [0.1, 0.15) is 31.9 Å². The molecule has 3 heterocycles. The van der Waals surface area contributed by atoms with Gasteiger partial charge in [0.05, 0.1) is 12.5 Å². The molecule has 7 nitrogen and oxygen atoms in total. The molecule has 0 saturated carbocycles. The van der Waals surface area contributed by atoms with E-state index >= 15 is 0 Å². The van der Waals surface area contributed by atoms with Gasteiger partial charge >= 0.3 is 0 Å². The third-order valence-corrected chi connectivity index (χ3v) is 5.79. The van der Waals surface area contributed by atoms with E-state index in [0.29, 0.717) is 23.6 Å². The summed E-state index contributed by atoms with van der Waals surface area (Å²) < 4.78 is 10.9. The lowest BCUT2D eigenvalue weighted by molar-refractivity contribution is -0.156. The van der Waals surface area contributed by atoms with E-state index < -0.39 is 6.04 Å². The maximum atomic E-state index is 13.2. The van der Waals surface area contributed by atoms with Crippen LogP contribution in [0.4, 0.5) is 5.69 Å². The number of rotatable bonds is 5. The van der Waals surface area contributed by atoms with Crippen molar-refractivity contribution in [1.82, 2.24) is 9.88 Å². The molecule has 0 bridgehead atoms. The van der Waals surface area contributed by atoms with Gasteiger partial charge in [0.15, 0.2) is 11.5 Å². The van der Waals surface area contributed by atoms with Crippen LogP contribution in [0, 0.1) is 5.92 Å². The van der Waals surface area contributed by atoms with Gasteiger partial charge in [0.25, 0.3) is 0 Å². The molecule has 1 fully saturated rings. The van der Waals surface area contributed by atoms with Crippen molar-refractivity contribution in [3.05, 3.63) is 54.2 Å². The maximum absolute atomic E-state index is 13.2. The summed E-state index contributed by atoms with van der Waals surface area (Å²) in [6.07, 6.45) is 2.24. The summed E-state index contributed by atoms with van der Waals surface area (Å²) in [7, 11) is 0. The van der Waals surface area contributed by atoms with Gasteiger partial charge in [-0.25, -0.2) is 0 Å². The fourth-order valence-corrected chi connectivity index (χ4v) is 4.28. The number of aromatic amines is 1. The molecule has 0 aliphatic carbocycles. The molecular formula is C23H23N3O4. The number of carbonyl (C=O) groups is 2. The van der Waals surface area contributed by atoms with Gasteiger partial charge in [-0.3, -0.25) is 9.59 Å². The van der Waals surface area contributed by atoms with Crippen molar-refractivity contribution in [2.24, 2.45) is 5.92 Å². The Morgan fingerprint density at radius 1 is 1.13 bits per heavy atom. The number of anilines is 1. The first-order valence-corrected chi connectivity index (χ1v) is 10.1. The number of benzene rings is 2. The summed E-state index contributed by atoms with van der Waals surface area (Å²) in [6, 6.07) is 12.7. The van der Waals surface area contributed by atoms with Crippen LogP contribution in [0.25, 0.3) is 10.9 Å². The highest BCUT2D eigenvalue weighted by molar-refractivity contribution is 6.00. The molecular weight excluding hydrogens is 382 g/mol. The van der Waals surface area contributed by atoms with Crippen molar-refractivity contribution in [3.8, 4) is 11.5 Å². The van der Waals surface area contributed by atoms with Gasteiger partial charge in [-0.15, -0.1) is 0 Å². The van der Waals surface area contributed by atoms with E-state index in [1.54, 1.807) is 4.90 Å². The Morgan fingerprint density at radius 2 is 1.97 bits per heavy atom. The van der Waals surface area contributed by atoms with Crippen LogP contribution < -0.4 is 14.8 Å². The normalized spacial score (nSPS) is 18.6. The zero-order chi connectivity index (χ0) is 20.8. The van der Waals surface area contributed by atoms with E-state index in [1.807, 2.05) is 62.5 Å². The third kappa shape index (κ3) is 3.07. The van der Waals surface area contributed by atoms with Gasteiger partial charge in [-0.1, -0.05) is 19.9 Å². The topological polar surface area (TPSA) is 83.7 Å². The Kier molecular flexibility index (Phi) is 4.38. The molecule has 7 heteroatoms. The number of carbonyl (C=O) groups excluding carboxylic acids is 2. The van der Waals surface area contributed by atoms with Gasteiger partial charge in [0, 0.05) is 22.8 Å². The van der Waals surface area contributed by atoms with Crippen molar-refractivity contribution < 1.29 is 19.1 Å². The molecule has 3 aromatic rings. The number of nitrogens with one attached hydrogen (secondary N) is 2. The largest absolute Gasteiger partial charge is 0.454 e. The van der Waals surface area contributed by atoms with Crippen LogP contribution >= 0.6 is 0 Å². The van der Waals surface area contributed by atoms with Gasteiger partial charge < -0.3 is 24.7 Å². The molecule has 2 N–H and O–H groups in total. The molecule has 0 radical (unpaired) electrons. The summed E-state index contributed by atoms with van der Waals surface area (Å²) in [5, 5.41) is 4.02. The smallest absolute Gasteiger partial charge is 0.247 e. The van der Waals surface area contributed by atoms with E-state index in [1.165, 1.54) is 0 Å². The summed E-state index contributed by atoms with van der Waals surface area (Å²) in [6.45, 7) is 4.12. The quantitative estimate of drug-likeness (QED) is 0.632. The van der Waals surface area contributed by atoms with E-state index in [4.69, 9.17) is 9.47 Å². The maximum Gasteiger partial charge on any atom is 0.247 e. The summed E-state index contributed by atoms with van der Waals surface area (Å²) in [5.74, 6) is 1.14. The van der Waals surface area contributed by atoms with Crippen LogP contribution in [-0.2, 0) is 9.59 Å². The van der Waals surface area contributed by atoms with Crippen LogP contribution in [0.5, 0.6) is 11.5 Å². The molecule has 2 aliphatic heterocycles. The van der Waals surface area contributed by atoms with E-state index in [-0.39, 0.29) is 30.6 Å². The van der Waals surface area contributed by atoms with Gasteiger partial charge in [0.1, 0.15) is 6.04 Å². The molecule has 0 spiro atoms. The Morgan fingerprint density at radius 3 is 2.77 bits per heavy atom. The Labute approximate surface area is 174 Å². The Balaban J connectivity index is 1.39. The van der Waals surface area contributed by atoms with Crippen molar-refractivity contribution in [1.29, 1.82) is 0 Å². The molecule has 5 rings (SSSR count). The number of hydrogen-bond acceptors (Lipinski definition) is 4. The molecule has 1 saturated heterocycles. The second-order valence-electron chi connectivity index (χ2n) is 8.09. The lowest BCUT2D eigenvalue weighted by Gasteiger charge is -2.46.